The molecule has 0 saturated heterocycles. The van der Waals surface area contributed by atoms with Crippen molar-refractivity contribution >= 4 is 0 Å². The molecule has 0 aliphatic heterocycles. The molecule has 5 heteroatoms. The molecule has 2 atom stereocenters. The van der Waals surface area contributed by atoms with Gasteiger partial charge < -0.3 is 5.11 Å². The van der Waals surface area contributed by atoms with Crippen LogP contribution in [0.2, 0.25) is 0 Å². The van der Waals surface area contributed by atoms with Gasteiger partial charge in [-0.2, -0.15) is 13.2 Å². The molecule has 0 unspecified atom stereocenters. The predicted molar refractivity (Wildman–Crippen MR) is 92.8 cm³/mol. The number of halogens is 3. The average molecular weight is 351 g/mol. The summed E-state index contributed by atoms with van der Waals surface area (Å²) in [5, 5.41) is 9.98. The molecule has 0 spiro atoms. The Hall–Kier alpha value is -1.85. The molecular formula is C20H24F3NO. The van der Waals surface area contributed by atoms with Gasteiger partial charge in [0, 0.05) is 19.1 Å². The summed E-state index contributed by atoms with van der Waals surface area (Å²) in [6.45, 7) is 4.10. The molecule has 0 bridgehead atoms. The second-order valence-electron chi connectivity index (χ2n) is 6.60. The van der Waals surface area contributed by atoms with E-state index in [1.54, 1.807) is 18.7 Å². The van der Waals surface area contributed by atoms with E-state index >= 15 is 0 Å². The molecule has 0 saturated carbocycles. The Morgan fingerprint density at radius 3 is 1.56 bits per heavy atom. The lowest BCUT2D eigenvalue weighted by molar-refractivity contribution is -0.227. The van der Waals surface area contributed by atoms with Crippen LogP contribution < -0.4 is 0 Å². The lowest BCUT2D eigenvalue weighted by atomic mass is 9.94. The third-order valence-electron chi connectivity index (χ3n) is 4.22. The first kappa shape index (κ1) is 19.5. The van der Waals surface area contributed by atoms with Crippen LogP contribution in [0, 0.1) is 5.92 Å². The molecule has 1 N–H and O–H groups in total. The van der Waals surface area contributed by atoms with Gasteiger partial charge in [0.1, 0.15) is 0 Å². The minimum atomic E-state index is -4.65. The Morgan fingerprint density at radius 2 is 1.24 bits per heavy atom. The SMILES string of the molecule is CC(C)[C@@H]([C@@H](O)C(F)(F)F)N(Cc1ccccc1)Cc1ccccc1. The van der Waals surface area contributed by atoms with Crippen molar-refractivity contribution in [2.24, 2.45) is 5.92 Å². The van der Waals surface area contributed by atoms with Crippen molar-refractivity contribution in [3.8, 4) is 0 Å². The molecule has 0 heterocycles. The highest BCUT2D eigenvalue weighted by Crippen LogP contribution is 2.30. The number of alkyl halides is 3. The zero-order valence-corrected chi connectivity index (χ0v) is 14.4. The van der Waals surface area contributed by atoms with E-state index in [4.69, 9.17) is 0 Å². The van der Waals surface area contributed by atoms with Gasteiger partial charge in [-0.25, -0.2) is 0 Å². The molecule has 0 aliphatic rings. The number of aliphatic hydroxyl groups excluding tert-OH is 1. The van der Waals surface area contributed by atoms with Gasteiger partial charge in [-0.05, 0) is 17.0 Å². The van der Waals surface area contributed by atoms with Crippen LogP contribution in [0.15, 0.2) is 60.7 Å². The van der Waals surface area contributed by atoms with E-state index in [0.29, 0.717) is 13.1 Å². The summed E-state index contributed by atoms with van der Waals surface area (Å²) in [5.41, 5.74) is 1.83. The molecule has 0 aromatic heterocycles. The molecule has 0 radical (unpaired) electrons. The van der Waals surface area contributed by atoms with Gasteiger partial charge in [0.2, 0.25) is 0 Å². The number of nitrogens with zero attached hydrogens (tertiary/aromatic N) is 1. The number of hydrogen-bond donors (Lipinski definition) is 1. The number of benzene rings is 2. The van der Waals surface area contributed by atoms with Crippen LogP contribution in [0.1, 0.15) is 25.0 Å². The quantitative estimate of drug-likeness (QED) is 0.786. The normalized spacial score (nSPS) is 14.7. The maximum Gasteiger partial charge on any atom is 0.415 e. The third kappa shape index (κ3) is 5.58. The van der Waals surface area contributed by atoms with Crippen molar-refractivity contribution in [3.63, 3.8) is 0 Å². The van der Waals surface area contributed by atoms with Gasteiger partial charge in [-0.1, -0.05) is 74.5 Å². The van der Waals surface area contributed by atoms with Crippen molar-refractivity contribution in [1.82, 2.24) is 4.90 Å². The zero-order valence-electron chi connectivity index (χ0n) is 14.4. The highest BCUT2D eigenvalue weighted by atomic mass is 19.4. The average Bonchev–Trinajstić information content (AvgIpc) is 2.55. The van der Waals surface area contributed by atoms with Crippen LogP contribution in [0.3, 0.4) is 0 Å². The topological polar surface area (TPSA) is 23.5 Å². The van der Waals surface area contributed by atoms with Gasteiger partial charge in [0.05, 0.1) is 0 Å². The van der Waals surface area contributed by atoms with Crippen molar-refractivity contribution in [1.29, 1.82) is 0 Å². The molecular weight excluding hydrogens is 327 g/mol. The molecule has 25 heavy (non-hydrogen) atoms. The summed E-state index contributed by atoms with van der Waals surface area (Å²) >= 11 is 0. The second kappa shape index (κ2) is 8.50. The van der Waals surface area contributed by atoms with Crippen LogP contribution in [0.5, 0.6) is 0 Å². The summed E-state index contributed by atoms with van der Waals surface area (Å²) in [6.07, 6.45) is -7.04. The Balaban J connectivity index is 2.33. The molecule has 0 fully saturated rings. The van der Waals surface area contributed by atoms with E-state index in [0.717, 1.165) is 11.1 Å². The molecule has 2 rings (SSSR count). The lowest BCUT2D eigenvalue weighted by Crippen LogP contribution is -2.52. The highest BCUT2D eigenvalue weighted by molar-refractivity contribution is 5.17. The number of hydrogen-bond acceptors (Lipinski definition) is 2. The highest BCUT2D eigenvalue weighted by Gasteiger charge is 2.46. The number of rotatable bonds is 7. The van der Waals surface area contributed by atoms with Crippen molar-refractivity contribution in [2.75, 3.05) is 0 Å². The fourth-order valence-electron chi connectivity index (χ4n) is 3.08. The van der Waals surface area contributed by atoms with E-state index in [1.807, 2.05) is 60.7 Å². The van der Waals surface area contributed by atoms with Crippen molar-refractivity contribution in [3.05, 3.63) is 71.8 Å². The van der Waals surface area contributed by atoms with Gasteiger partial charge in [0.25, 0.3) is 0 Å². The Morgan fingerprint density at radius 1 is 0.840 bits per heavy atom. The van der Waals surface area contributed by atoms with Crippen LogP contribution in [0.4, 0.5) is 13.2 Å². The minimum Gasteiger partial charge on any atom is -0.382 e. The van der Waals surface area contributed by atoms with Gasteiger partial charge in [-0.3, -0.25) is 4.90 Å². The van der Waals surface area contributed by atoms with Crippen LogP contribution in [0.25, 0.3) is 0 Å². The minimum absolute atomic E-state index is 0.339. The van der Waals surface area contributed by atoms with Crippen LogP contribution >= 0.6 is 0 Å². The molecule has 136 valence electrons. The van der Waals surface area contributed by atoms with Crippen molar-refractivity contribution < 1.29 is 18.3 Å². The van der Waals surface area contributed by atoms with E-state index in [9.17, 15) is 18.3 Å². The summed E-state index contributed by atoms with van der Waals surface area (Å²) < 4.78 is 39.7. The van der Waals surface area contributed by atoms with E-state index < -0.39 is 18.3 Å². The standard InChI is InChI=1S/C20H24F3NO/c1-15(2)18(19(25)20(21,22)23)24(13-16-9-5-3-6-10-16)14-17-11-7-4-8-12-17/h3-12,15,18-19,25H,13-14H2,1-2H3/t18-,19+/m0/s1. The van der Waals surface area contributed by atoms with E-state index in [-0.39, 0.29) is 5.92 Å². The lowest BCUT2D eigenvalue weighted by Gasteiger charge is -2.38. The fourth-order valence-corrected chi connectivity index (χ4v) is 3.08. The van der Waals surface area contributed by atoms with Crippen LogP contribution in [-0.2, 0) is 13.1 Å². The number of aliphatic hydroxyl groups is 1. The first-order valence-electron chi connectivity index (χ1n) is 8.35. The Labute approximate surface area is 146 Å². The molecule has 0 amide bonds. The second-order valence-corrected chi connectivity index (χ2v) is 6.60. The molecule has 2 aromatic rings. The predicted octanol–water partition coefficient (Wildman–Crippen LogP) is 4.64. The summed E-state index contributed by atoms with van der Waals surface area (Å²) in [4.78, 5) is 1.72. The first-order valence-corrected chi connectivity index (χ1v) is 8.35. The van der Waals surface area contributed by atoms with Gasteiger partial charge in [-0.15, -0.1) is 0 Å². The van der Waals surface area contributed by atoms with E-state index in [1.165, 1.54) is 0 Å². The van der Waals surface area contributed by atoms with Gasteiger partial charge >= 0.3 is 6.18 Å². The monoisotopic (exact) mass is 351 g/mol. The maximum atomic E-state index is 13.2. The Kier molecular flexibility index (Phi) is 6.62. The largest absolute Gasteiger partial charge is 0.415 e. The van der Waals surface area contributed by atoms with Crippen molar-refractivity contribution in [2.45, 2.75) is 45.3 Å². The summed E-state index contributed by atoms with van der Waals surface area (Å²) in [7, 11) is 0. The van der Waals surface area contributed by atoms with Crippen LogP contribution in [-0.4, -0.2) is 28.3 Å². The smallest absolute Gasteiger partial charge is 0.382 e. The molecule has 2 aromatic carbocycles. The summed E-state index contributed by atoms with van der Waals surface area (Å²) in [6, 6.07) is 17.7. The molecule has 2 nitrogen and oxygen atoms in total. The third-order valence-corrected chi connectivity index (χ3v) is 4.22. The Bertz CT molecular complexity index is 587. The zero-order chi connectivity index (χ0) is 18.4. The maximum absolute atomic E-state index is 13.2. The molecule has 0 aliphatic carbocycles. The fraction of sp³-hybridized carbons (Fsp3) is 0.400. The first-order chi connectivity index (χ1) is 11.8. The van der Waals surface area contributed by atoms with E-state index in [2.05, 4.69) is 0 Å². The summed E-state index contributed by atoms with van der Waals surface area (Å²) in [5.74, 6) is -0.357. The van der Waals surface area contributed by atoms with Gasteiger partial charge in [0.15, 0.2) is 6.10 Å².